The van der Waals surface area contributed by atoms with Gasteiger partial charge >= 0.3 is 0 Å². The van der Waals surface area contributed by atoms with Crippen molar-refractivity contribution in [1.29, 1.82) is 0 Å². The molecule has 0 spiro atoms. The number of nitrogens with zero attached hydrogens (tertiary/aromatic N) is 1. The van der Waals surface area contributed by atoms with Crippen molar-refractivity contribution in [2.75, 3.05) is 4.90 Å². The van der Waals surface area contributed by atoms with Crippen LogP contribution in [0.3, 0.4) is 0 Å². The van der Waals surface area contributed by atoms with Crippen molar-refractivity contribution in [1.82, 2.24) is 0 Å². The zero-order valence-corrected chi connectivity index (χ0v) is 30.3. The molecule has 0 radical (unpaired) electrons. The van der Waals surface area contributed by atoms with E-state index < -0.39 is 0 Å². The molecule has 0 N–H and O–H groups in total. The second-order valence-electron chi connectivity index (χ2n) is 14.1. The Morgan fingerprint density at radius 1 is 0.255 bits per heavy atom. The van der Waals surface area contributed by atoms with Gasteiger partial charge in [0.15, 0.2) is 0 Å². The molecular formula is C54H37N. The summed E-state index contributed by atoms with van der Waals surface area (Å²) < 4.78 is 0. The Balaban J connectivity index is 1.23. The molecule has 0 amide bonds. The van der Waals surface area contributed by atoms with Gasteiger partial charge in [0.05, 0.1) is 5.69 Å². The number of rotatable bonds is 7. The summed E-state index contributed by atoms with van der Waals surface area (Å²) in [5.41, 5.74) is 12.9. The fraction of sp³-hybridized carbons (Fsp3) is 0. The lowest BCUT2D eigenvalue weighted by atomic mass is 9.87. The van der Waals surface area contributed by atoms with Gasteiger partial charge in [-0.05, 0) is 102 Å². The smallest absolute Gasteiger partial charge is 0.0546 e. The normalized spacial score (nSPS) is 11.3. The van der Waals surface area contributed by atoms with Crippen LogP contribution in [0, 0.1) is 0 Å². The lowest BCUT2D eigenvalue weighted by molar-refractivity contribution is 1.29. The predicted molar refractivity (Wildman–Crippen MR) is 235 cm³/mol. The summed E-state index contributed by atoms with van der Waals surface area (Å²) in [5.74, 6) is 0. The van der Waals surface area contributed by atoms with Gasteiger partial charge in [-0.15, -0.1) is 0 Å². The maximum Gasteiger partial charge on any atom is 0.0546 e. The SMILES string of the molecule is c1ccc(-c2ccccc2-c2c(-c3ccccc3)cccc2N(c2ccc(-c3cccc4ccccc34)cc2)c2ccc3c(ccc4ccccc43)c2)cc1. The van der Waals surface area contributed by atoms with Gasteiger partial charge < -0.3 is 4.90 Å². The Kier molecular flexibility index (Phi) is 8.24. The fourth-order valence-corrected chi connectivity index (χ4v) is 8.27. The van der Waals surface area contributed by atoms with Gasteiger partial charge in [-0.3, -0.25) is 0 Å². The van der Waals surface area contributed by atoms with E-state index in [1.807, 2.05) is 0 Å². The van der Waals surface area contributed by atoms with E-state index in [-0.39, 0.29) is 0 Å². The van der Waals surface area contributed by atoms with E-state index in [1.54, 1.807) is 0 Å². The summed E-state index contributed by atoms with van der Waals surface area (Å²) in [4.78, 5) is 2.45. The van der Waals surface area contributed by atoms with E-state index in [9.17, 15) is 0 Å². The Labute approximate surface area is 322 Å². The van der Waals surface area contributed by atoms with E-state index in [0.29, 0.717) is 0 Å². The monoisotopic (exact) mass is 699 g/mol. The third-order valence-corrected chi connectivity index (χ3v) is 10.9. The molecule has 55 heavy (non-hydrogen) atoms. The lowest BCUT2D eigenvalue weighted by Gasteiger charge is -2.30. The highest BCUT2D eigenvalue weighted by molar-refractivity contribution is 6.09. The Morgan fingerprint density at radius 3 is 1.51 bits per heavy atom. The molecule has 0 heterocycles. The molecule has 0 bridgehead atoms. The van der Waals surface area contributed by atoms with Crippen molar-refractivity contribution in [2.24, 2.45) is 0 Å². The van der Waals surface area contributed by atoms with Gasteiger partial charge in [-0.2, -0.15) is 0 Å². The maximum absolute atomic E-state index is 2.45. The highest BCUT2D eigenvalue weighted by Gasteiger charge is 2.23. The second kappa shape index (κ2) is 14.0. The molecule has 0 aliphatic heterocycles. The first-order chi connectivity index (χ1) is 27.3. The minimum absolute atomic E-state index is 1.09. The number of fused-ring (bicyclic) bond motifs is 4. The molecule has 0 fully saturated rings. The summed E-state index contributed by atoms with van der Waals surface area (Å²) in [6.07, 6.45) is 0. The lowest BCUT2D eigenvalue weighted by Crippen LogP contribution is -2.12. The van der Waals surface area contributed by atoms with Crippen LogP contribution in [-0.2, 0) is 0 Å². The highest BCUT2D eigenvalue weighted by atomic mass is 15.1. The fourth-order valence-electron chi connectivity index (χ4n) is 8.27. The Bertz CT molecular complexity index is 2960. The molecule has 0 atom stereocenters. The molecule has 10 aromatic carbocycles. The molecule has 10 rings (SSSR count). The van der Waals surface area contributed by atoms with Crippen molar-refractivity contribution in [3.63, 3.8) is 0 Å². The van der Waals surface area contributed by atoms with Crippen LogP contribution in [-0.4, -0.2) is 0 Å². The summed E-state index contributed by atoms with van der Waals surface area (Å²) in [5, 5.41) is 7.47. The van der Waals surface area contributed by atoms with Gasteiger partial charge in [0, 0.05) is 16.9 Å². The minimum Gasteiger partial charge on any atom is -0.310 e. The number of hydrogen-bond donors (Lipinski definition) is 0. The third-order valence-electron chi connectivity index (χ3n) is 10.9. The quantitative estimate of drug-likeness (QED) is 0.150. The summed E-state index contributed by atoms with van der Waals surface area (Å²) >= 11 is 0. The Morgan fingerprint density at radius 2 is 0.745 bits per heavy atom. The molecule has 0 aliphatic carbocycles. The maximum atomic E-state index is 2.45. The van der Waals surface area contributed by atoms with Crippen LogP contribution in [0.15, 0.2) is 224 Å². The van der Waals surface area contributed by atoms with Crippen molar-refractivity contribution < 1.29 is 0 Å². The minimum atomic E-state index is 1.09. The highest BCUT2D eigenvalue weighted by Crippen LogP contribution is 2.48. The first-order valence-electron chi connectivity index (χ1n) is 18.9. The van der Waals surface area contributed by atoms with Gasteiger partial charge in [0.1, 0.15) is 0 Å². The first-order valence-corrected chi connectivity index (χ1v) is 18.9. The van der Waals surface area contributed by atoms with E-state index in [4.69, 9.17) is 0 Å². The van der Waals surface area contributed by atoms with E-state index in [1.165, 1.54) is 76.8 Å². The molecule has 258 valence electrons. The van der Waals surface area contributed by atoms with Crippen molar-refractivity contribution >= 4 is 49.4 Å². The van der Waals surface area contributed by atoms with Crippen molar-refractivity contribution in [2.45, 2.75) is 0 Å². The van der Waals surface area contributed by atoms with Crippen LogP contribution in [0.2, 0.25) is 0 Å². The molecule has 10 aromatic rings. The molecular weight excluding hydrogens is 663 g/mol. The molecule has 0 aromatic heterocycles. The first kappa shape index (κ1) is 32.4. The van der Waals surface area contributed by atoms with Crippen LogP contribution in [0.5, 0.6) is 0 Å². The Hall–Kier alpha value is -7.22. The molecule has 0 saturated heterocycles. The van der Waals surface area contributed by atoms with Crippen LogP contribution in [0.25, 0.3) is 76.8 Å². The van der Waals surface area contributed by atoms with Crippen molar-refractivity contribution in [3.8, 4) is 44.5 Å². The van der Waals surface area contributed by atoms with E-state index >= 15 is 0 Å². The average molecular weight is 700 g/mol. The summed E-state index contributed by atoms with van der Waals surface area (Å²) in [6.45, 7) is 0. The summed E-state index contributed by atoms with van der Waals surface area (Å²) in [6, 6.07) is 81.6. The van der Waals surface area contributed by atoms with E-state index in [2.05, 4.69) is 229 Å². The summed E-state index contributed by atoms with van der Waals surface area (Å²) in [7, 11) is 0. The standard InChI is InChI=1S/C54H37N/c1-3-15-38(16-4-1)49-24-11-12-25-52(49)54-51(40-17-5-2-6-18-40)27-14-28-53(54)55(45-35-36-50-43(37-45)30-29-41-20-8-10-23-47(41)50)44-33-31-42(32-34-44)48-26-13-21-39-19-7-9-22-46(39)48/h1-37H. The topological polar surface area (TPSA) is 3.24 Å². The number of hydrogen-bond acceptors (Lipinski definition) is 1. The van der Waals surface area contributed by atoms with Crippen LogP contribution >= 0.6 is 0 Å². The molecule has 1 heteroatoms. The number of anilines is 3. The average Bonchev–Trinajstić information content (AvgIpc) is 3.27. The van der Waals surface area contributed by atoms with Gasteiger partial charge in [-0.25, -0.2) is 0 Å². The van der Waals surface area contributed by atoms with Crippen LogP contribution < -0.4 is 4.90 Å². The zero-order valence-electron chi connectivity index (χ0n) is 30.3. The largest absolute Gasteiger partial charge is 0.310 e. The van der Waals surface area contributed by atoms with Crippen molar-refractivity contribution in [3.05, 3.63) is 224 Å². The second-order valence-corrected chi connectivity index (χ2v) is 14.1. The molecule has 0 aliphatic rings. The van der Waals surface area contributed by atoms with Crippen LogP contribution in [0.1, 0.15) is 0 Å². The van der Waals surface area contributed by atoms with Gasteiger partial charge in [-0.1, -0.05) is 194 Å². The van der Waals surface area contributed by atoms with Gasteiger partial charge in [0.25, 0.3) is 0 Å². The predicted octanol–water partition coefficient (Wildman–Crippen LogP) is 15.3. The molecule has 0 saturated carbocycles. The molecule has 0 unspecified atom stereocenters. The zero-order chi connectivity index (χ0) is 36.6. The van der Waals surface area contributed by atoms with E-state index in [0.717, 1.165) is 17.1 Å². The van der Waals surface area contributed by atoms with Crippen LogP contribution in [0.4, 0.5) is 17.1 Å². The third kappa shape index (κ3) is 5.93. The van der Waals surface area contributed by atoms with Gasteiger partial charge in [0.2, 0.25) is 0 Å². The molecule has 1 nitrogen and oxygen atoms in total. The number of benzene rings is 10.